The molecule has 0 heterocycles. The Morgan fingerprint density at radius 3 is 2.88 bits per heavy atom. The molecule has 1 N–H and O–H groups in total. The van der Waals surface area contributed by atoms with Crippen LogP contribution in [0.15, 0.2) is 30.4 Å². The van der Waals surface area contributed by atoms with Gasteiger partial charge in [-0.15, -0.1) is 0 Å². The fourth-order valence-corrected chi connectivity index (χ4v) is 1.46. The summed E-state index contributed by atoms with van der Waals surface area (Å²) in [6.07, 6.45) is 0. The molecule has 0 aliphatic heterocycles. The summed E-state index contributed by atoms with van der Waals surface area (Å²) in [5.74, 6) is 0.284. The molecule has 0 aromatic heterocycles. The van der Waals surface area contributed by atoms with Gasteiger partial charge in [-0.3, -0.25) is 10.1 Å². The number of para-hydroxylation sites is 1. The van der Waals surface area contributed by atoms with Crippen LogP contribution in [0.25, 0.3) is 0 Å². The van der Waals surface area contributed by atoms with Gasteiger partial charge in [0.25, 0.3) is 0 Å². The number of ether oxygens (including phenoxy) is 1. The maximum atomic E-state index is 10.9. The van der Waals surface area contributed by atoms with Gasteiger partial charge in [0, 0.05) is 12.1 Å². The number of rotatable bonds is 6. The third kappa shape index (κ3) is 3.57. The Labute approximate surface area is 100 Å². The first kappa shape index (κ1) is 13.2. The third-order valence-electron chi connectivity index (χ3n) is 2.24. The van der Waals surface area contributed by atoms with Crippen molar-refractivity contribution in [2.75, 3.05) is 20.2 Å². The molecule has 0 saturated heterocycles. The molecule has 0 amide bonds. The van der Waals surface area contributed by atoms with Crippen molar-refractivity contribution >= 4 is 5.69 Å². The van der Waals surface area contributed by atoms with Crippen LogP contribution in [0.1, 0.15) is 5.56 Å². The quantitative estimate of drug-likeness (QED) is 0.466. The first-order valence-corrected chi connectivity index (χ1v) is 5.24. The average Bonchev–Trinajstić information content (AvgIpc) is 2.26. The molecule has 0 radical (unpaired) electrons. The number of nitrogens with one attached hydrogen (secondary N) is 1. The molecular formula is C12H16N2O3. The van der Waals surface area contributed by atoms with Gasteiger partial charge in [-0.05, 0) is 25.6 Å². The van der Waals surface area contributed by atoms with Gasteiger partial charge >= 0.3 is 5.69 Å². The lowest BCUT2D eigenvalue weighted by Gasteiger charge is -2.09. The summed E-state index contributed by atoms with van der Waals surface area (Å²) in [6, 6.07) is 5.02. The average molecular weight is 236 g/mol. The molecule has 1 aromatic rings. The van der Waals surface area contributed by atoms with Gasteiger partial charge in [0.1, 0.15) is 6.61 Å². The minimum absolute atomic E-state index is 0.0183. The van der Waals surface area contributed by atoms with Crippen LogP contribution >= 0.6 is 0 Å². The van der Waals surface area contributed by atoms with Crippen LogP contribution in [-0.4, -0.2) is 25.1 Å². The molecule has 1 aromatic carbocycles. The standard InChI is InChI=1S/C12H16N2O3/c1-9(7-13-3)8-17-11-6-4-5-10(2)12(11)14(15)16/h4-6,13H,1,7-8H2,2-3H3. The van der Waals surface area contributed by atoms with Crippen LogP contribution in [-0.2, 0) is 0 Å². The van der Waals surface area contributed by atoms with Crippen LogP contribution < -0.4 is 10.1 Å². The van der Waals surface area contributed by atoms with Crippen LogP contribution in [0.4, 0.5) is 5.69 Å². The van der Waals surface area contributed by atoms with Crippen molar-refractivity contribution in [3.8, 4) is 5.75 Å². The van der Waals surface area contributed by atoms with Crippen LogP contribution in [0.3, 0.4) is 0 Å². The van der Waals surface area contributed by atoms with E-state index >= 15 is 0 Å². The fraction of sp³-hybridized carbons (Fsp3) is 0.333. The number of hydrogen-bond donors (Lipinski definition) is 1. The first-order valence-electron chi connectivity index (χ1n) is 5.24. The summed E-state index contributed by atoms with van der Waals surface area (Å²) in [4.78, 5) is 10.5. The second-order valence-corrected chi connectivity index (χ2v) is 3.75. The molecule has 1 rings (SSSR count). The molecule has 0 unspecified atom stereocenters. The molecule has 0 fully saturated rings. The van der Waals surface area contributed by atoms with Gasteiger partial charge in [0.2, 0.25) is 0 Å². The predicted octanol–water partition coefficient (Wildman–Crippen LogP) is 2.06. The Balaban J connectivity index is 2.81. The van der Waals surface area contributed by atoms with Crippen molar-refractivity contribution < 1.29 is 9.66 Å². The number of nitrogens with zero attached hydrogens (tertiary/aromatic N) is 1. The summed E-state index contributed by atoms with van der Waals surface area (Å²) < 4.78 is 5.41. The molecule has 0 bridgehead atoms. The lowest BCUT2D eigenvalue weighted by atomic mass is 10.2. The molecule has 5 heteroatoms. The van der Waals surface area contributed by atoms with E-state index in [1.54, 1.807) is 32.2 Å². The zero-order chi connectivity index (χ0) is 12.8. The van der Waals surface area contributed by atoms with E-state index in [0.717, 1.165) is 5.57 Å². The molecule has 0 aliphatic carbocycles. The topological polar surface area (TPSA) is 64.4 Å². The normalized spacial score (nSPS) is 10.0. The van der Waals surface area contributed by atoms with Gasteiger partial charge in [0.05, 0.1) is 4.92 Å². The van der Waals surface area contributed by atoms with Gasteiger partial charge < -0.3 is 10.1 Å². The second-order valence-electron chi connectivity index (χ2n) is 3.75. The molecule has 92 valence electrons. The third-order valence-corrected chi connectivity index (χ3v) is 2.24. The number of benzene rings is 1. The van der Waals surface area contributed by atoms with E-state index < -0.39 is 4.92 Å². The second kappa shape index (κ2) is 6.00. The summed E-state index contributed by atoms with van der Waals surface area (Å²) in [5, 5.41) is 13.8. The summed E-state index contributed by atoms with van der Waals surface area (Å²) in [5.41, 5.74) is 1.44. The number of nitro groups is 1. The van der Waals surface area contributed by atoms with E-state index in [1.165, 1.54) is 0 Å². The Morgan fingerprint density at radius 2 is 2.29 bits per heavy atom. The Morgan fingerprint density at radius 1 is 1.59 bits per heavy atom. The highest BCUT2D eigenvalue weighted by Crippen LogP contribution is 2.30. The van der Waals surface area contributed by atoms with Crippen LogP contribution in [0.2, 0.25) is 0 Å². The minimum Gasteiger partial charge on any atom is -0.482 e. The van der Waals surface area contributed by atoms with Crippen molar-refractivity contribution in [3.05, 3.63) is 46.0 Å². The summed E-state index contributed by atoms with van der Waals surface area (Å²) in [7, 11) is 1.81. The number of nitro benzene ring substituents is 1. The zero-order valence-corrected chi connectivity index (χ0v) is 10.0. The largest absolute Gasteiger partial charge is 0.482 e. The molecule has 0 atom stereocenters. The highest BCUT2D eigenvalue weighted by molar-refractivity contribution is 5.52. The number of aryl methyl sites for hydroxylation is 1. The van der Waals surface area contributed by atoms with E-state index in [-0.39, 0.29) is 18.0 Å². The number of hydrogen-bond acceptors (Lipinski definition) is 4. The first-order chi connectivity index (χ1) is 8.06. The zero-order valence-electron chi connectivity index (χ0n) is 10.0. The smallest absolute Gasteiger partial charge is 0.313 e. The molecule has 0 aliphatic rings. The lowest BCUT2D eigenvalue weighted by Crippen LogP contribution is -2.15. The highest BCUT2D eigenvalue weighted by Gasteiger charge is 2.17. The summed E-state index contributed by atoms with van der Waals surface area (Å²) in [6.45, 7) is 6.38. The Bertz CT molecular complexity index is 430. The fourth-order valence-electron chi connectivity index (χ4n) is 1.46. The van der Waals surface area contributed by atoms with E-state index in [2.05, 4.69) is 11.9 Å². The summed E-state index contributed by atoms with van der Waals surface area (Å²) >= 11 is 0. The van der Waals surface area contributed by atoms with Gasteiger partial charge in [0.15, 0.2) is 5.75 Å². The van der Waals surface area contributed by atoms with Crippen molar-refractivity contribution in [2.24, 2.45) is 0 Å². The minimum atomic E-state index is -0.425. The van der Waals surface area contributed by atoms with E-state index in [4.69, 9.17) is 4.74 Å². The van der Waals surface area contributed by atoms with E-state index in [0.29, 0.717) is 12.1 Å². The van der Waals surface area contributed by atoms with Crippen molar-refractivity contribution in [1.82, 2.24) is 5.32 Å². The monoisotopic (exact) mass is 236 g/mol. The van der Waals surface area contributed by atoms with Crippen molar-refractivity contribution in [3.63, 3.8) is 0 Å². The highest BCUT2D eigenvalue weighted by atomic mass is 16.6. The van der Waals surface area contributed by atoms with Gasteiger partial charge in [-0.1, -0.05) is 18.7 Å². The van der Waals surface area contributed by atoms with Crippen LogP contribution in [0.5, 0.6) is 5.75 Å². The van der Waals surface area contributed by atoms with E-state index in [1.807, 2.05) is 0 Å². The molecular weight excluding hydrogens is 220 g/mol. The van der Waals surface area contributed by atoms with Crippen molar-refractivity contribution in [1.29, 1.82) is 0 Å². The maximum absolute atomic E-state index is 10.9. The van der Waals surface area contributed by atoms with Crippen LogP contribution in [0, 0.1) is 17.0 Å². The van der Waals surface area contributed by atoms with Gasteiger partial charge in [-0.25, -0.2) is 0 Å². The molecule has 0 saturated carbocycles. The Kier molecular flexibility index (Phi) is 4.66. The predicted molar refractivity (Wildman–Crippen MR) is 66.4 cm³/mol. The maximum Gasteiger partial charge on any atom is 0.313 e. The molecule has 5 nitrogen and oxygen atoms in total. The van der Waals surface area contributed by atoms with Crippen molar-refractivity contribution in [2.45, 2.75) is 6.92 Å². The van der Waals surface area contributed by atoms with Gasteiger partial charge in [-0.2, -0.15) is 0 Å². The molecule has 17 heavy (non-hydrogen) atoms. The Hall–Kier alpha value is -1.88. The molecule has 0 spiro atoms. The van der Waals surface area contributed by atoms with E-state index in [9.17, 15) is 10.1 Å². The number of likely N-dealkylation sites (N-methyl/N-ethyl adjacent to an activating group) is 1. The lowest BCUT2D eigenvalue weighted by molar-refractivity contribution is -0.386. The SMILES string of the molecule is C=C(CNC)COc1cccc(C)c1[N+](=O)[O-].